The van der Waals surface area contributed by atoms with Crippen LogP contribution in [0.5, 0.6) is 0 Å². The number of rotatable bonds is 10. The first-order chi connectivity index (χ1) is 13.1. The van der Waals surface area contributed by atoms with E-state index in [1.165, 1.54) is 56.3 Å². The van der Waals surface area contributed by atoms with Gasteiger partial charge in [-0.1, -0.05) is 34.6 Å². The lowest BCUT2D eigenvalue weighted by molar-refractivity contribution is -0.928. The number of morpholine rings is 1. The first kappa shape index (κ1) is 29.9. The SMILES string of the molecule is CCCN1CCOC(O)C1.CCC[N+](CCC)(CCC)CCC.O=S(=O)([O-])O. The van der Waals surface area contributed by atoms with Crippen LogP contribution in [0.3, 0.4) is 0 Å². The second-order valence-corrected chi connectivity index (χ2v) is 8.15. The Balaban J connectivity index is 0. The highest BCUT2D eigenvalue weighted by atomic mass is 32.3. The first-order valence-corrected chi connectivity index (χ1v) is 12.0. The highest BCUT2D eigenvalue weighted by Crippen LogP contribution is 2.12. The molecule has 172 valence electrons. The zero-order chi connectivity index (χ0) is 22.1. The average Bonchev–Trinajstić information content (AvgIpc) is 2.55. The van der Waals surface area contributed by atoms with Crippen LogP contribution in [0.15, 0.2) is 0 Å². The molecule has 0 bridgehead atoms. The van der Waals surface area contributed by atoms with Gasteiger partial charge in [0, 0.05) is 13.1 Å². The summed E-state index contributed by atoms with van der Waals surface area (Å²) in [5.74, 6) is 0. The van der Waals surface area contributed by atoms with Crippen LogP contribution in [0.4, 0.5) is 0 Å². The summed E-state index contributed by atoms with van der Waals surface area (Å²) in [5, 5.41) is 9.04. The van der Waals surface area contributed by atoms with Crippen molar-refractivity contribution in [1.29, 1.82) is 0 Å². The Morgan fingerprint density at radius 3 is 1.64 bits per heavy atom. The molecular weight excluding hydrogens is 384 g/mol. The van der Waals surface area contributed by atoms with Crippen LogP contribution in [0.2, 0.25) is 0 Å². The highest BCUT2D eigenvalue weighted by molar-refractivity contribution is 7.79. The standard InChI is InChI=1S/C12H28N.C7H15NO2.H2O4S/c1-5-9-13(10-6-2,11-7-3)12-8-4;1-2-3-8-4-5-10-7(9)6-8;1-5(2,3)4/h5-12H2,1-4H3;7,9H,2-6H2,1H3;(H2,1,2,3,4)/q+1;;/p-1. The molecule has 0 aromatic carbocycles. The van der Waals surface area contributed by atoms with Gasteiger partial charge in [-0.2, -0.15) is 0 Å². The monoisotopic (exact) mass is 428 g/mol. The molecule has 1 fully saturated rings. The van der Waals surface area contributed by atoms with Gasteiger partial charge in [0.05, 0.1) is 32.8 Å². The molecule has 1 atom stereocenters. The summed E-state index contributed by atoms with van der Waals surface area (Å²) in [5.41, 5.74) is 0. The van der Waals surface area contributed by atoms with Gasteiger partial charge < -0.3 is 18.9 Å². The van der Waals surface area contributed by atoms with Gasteiger partial charge in [-0.3, -0.25) is 9.45 Å². The summed E-state index contributed by atoms with van der Waals surface area (Å²) in [6.45, 7) is 20.3. The summed E-state index contributed by atoms with van der Waals surface area (Å²) < 4.78 is 39.2. The second kappa shape index (κ2) is 17.6. The van der Waals surface area contributed by atoms with E-state index in [9.17, 15) is 0 Å². The minimum Gasteiger partial charge on any atom is -0.726 e. The molecule has 0 aromatic rings. The molecule has 1 heterocycles. The molecule has 0 saturated carbocycles. The number of quaternary nitrogens is 1. The zero-order valence-electron chi connectivity index (χ0n) is 18.6. The summed E-state index contributed by atoms with van der Waals surface area (Å²) in [6, 6.07) is 0. The molecule has 0 radical (unpaired) electrons. The van der Waals surface area contributed by atoms with Crippen LogP contribution in [-0.4, -0.2) is 90.7 Å². The van der Waals surface area contributed by atoms with Crippen molar-refractivity contribution in [2.24, 2.45) is 0 Å². The molecule has 9 heteroatoms. The van der Waals surface area contributed by atoms with Crippen molar-refractivity contribution in [2.45, 2.75) is 73.0 Å². The van der Waals surface area contributed by atoms with Gasteiger partial charge in [0.15, 0.2) is 6.29 Å². The van der Waals surface area contributed by atoms with Crippen molar-refractivity contribution in [2.75, 3.05) is 52.4 Å². The van der Waals surface area contributed by atoms with E-state index in [0.717, 1.165) is 19.5 Å². The van der Waals surface area contributed by atoms with Gasteiger partial charge in [-0.15, -0.1) is 0 Å². The third-order valence-electron chi connectivity index (χ3n) is 4.46. The fourth-order valence-corrected chi connectivity index (χ4v) is 3.77. The third kappa shape index (κ3) is 19.0. The van der Waals surface area contributed by atoms with Crippen molar-refractivity contribution in [3.63, 3.8) is 0 Å². The molecule has 8 nitrogen and oxygen atoms in total. The van der Waals surface area contributed by atoms with Crippen LogP contribution < -0.4 is 0 Å². The van der Waals surface area contributed by atoms with E-state index in [4.69, 9.17) is 27.4 Å². The predicted octanol–water partition coefficient (Wildman–Crippen LogP) is 2.49. The van der Waals surface area contributed by atoms with E-state index in [-0.39, 0.29) is 0 Å². The zero-order valence-corrected chi connectivity index (χ0v) is 19.4. The molecule has 0 amide bonds. The minimum absolute atomic E-state index is 0.555. The molecule has 1 rings (SSSR count). The molecule has 1 unspecified atom stereocenters. The highest BCUT2D eigenvalue weighted by Gasteiger charge is 2.22. The van der Waals surface area contributed by atoms with Gasteiger partial charge in [0.1, 0.15) is 0 Å². The quantitative estimate of drug-likeness (QED) is 0.312. The average molecular weight is 429 g/mol. The first-order valence-electron chi connectivity index (χ1n) is 10.6. The Morgan fingerprint density at radius 2 is 1.36 bits per heavy atom. The maximum absolute atomic E-state index is 9.04. The number of β-amino-alcohol motifs (C(OH)–C–C–N with tert-alkyl or cyclic N) is 1. The predicted molar refractivity (Wildman–Crippen MR) is 112 cm³/mol. The third-order valence-corrected chi connectivity index (χ3v) is 4.46. The topological polar surface area (TPSA) is 110 Å². The van der Waals surface area contributed by atoms with Crippen LogP contribution in [0.25, 0.3) is 0 Å². The molecule has 1 aliphatic heterocycles. The molecule has 2 N–H and O–H groups in total. The lowest BCUT2D eigenvalue weighted by Gasteiger charge is -2.38. The van der Waals surface area contributed by atoms with Crippen molar-refractivity contribution in [1.82, 2.24) is 4.90 Å². The van der Waals surface area contributed by atoms with Crippen LogP contribution in [0, 0.1) is 0 Å². The molecule has 1 saturated heterocycles. The number of ether oxygens (including phenoxy) is 1. The second-order valence-electron chi connectivity index (χ2n) is 7.29. The molecule has 0 aliphatic carbocycles. The van der Waals surface area contributed by atoms with E-state index in [0.29, 0.717) is 13.2 Å². The lowest BCUT2D eigenvalue weighted by Crippen LogP contribution is -2.50. The summed E-state index contributed by atoms with van der Waals surface area (Å²) in [4.78, 5) is 2.22. The van der Waals surface area contributed by atoms with Gasteiger partial charge in [-0.05, 0) is 38.6 Å². The fraction of sp³-hybridized carbons (Fsp3) is 1.00. The minimum atomic E-state index is -4.92. The largest absolute Gasteiger partial charge is 0.726 e. The lowest BCUT2D eigenvalue weighted by atomic mass is 10.2. The smallest absolute Gasteiger partial charge is 0.215 e. The Kier molecular flexibility index (Phi) is 18.8. The van der Waals surface area contributed by atoms with Gasteiger partial charge in [0.25, 0.3) is 0 Å². The maximum Gasteiger partial charge on any atom is 0.215 e. The Bertz CT molecular complexity index is 408. The number of hydrogen-bond acceptors (Lipinski definition) is 6. The summed E-state index contributed by atoms with van der Waals surface area (Å²) >= 11 is 0. The van der Waals surface area contributed by atoms with E-state index in [1.54, 1.807) is 0 Å². The van der Waals surface area contributed by atoms with Gasteiger partial charge >= 0.3 is 0 Å². The van der Waals surface area contributed by atoms with Crippen LogP contribution in [0.1, 0.15) is 66.7 Å². The van der Waals surface area contributed by atoms with E-state index in [1.807, 2.05) is 0 Å². The molecular formula is C19H44N2O6S. The van der Waals surface area contributed by atoms with Crippen molar-refractivity contribution < 1.29 is 31.8 Å². The Morgan fingerprint density at radius 1 is 0.964 bits per heavy atom. The fourth-order valence-electron chi connectivity index (χ4n) is 3.77. The van der Waals surface area contributed by atoms with Gasteiger partial charge in [-0.25, -0.2) is 8.42 Å². The number of aliphatic hydroxyl groups is 1. The summed E-state index contributed by atoms with van der Waals surface area (Å²) in [6.07, 6.45) is 5.92. The van der Waals surface area contributed by atoms with E-state index < -0.39 is 16.7 Å². The number of aliphatic hydroxyl groups excluding tert-OH is 1. The van der Waals surface area contributed by atoms with E-state index in [2.05, 4.69) is 39.5 Å². The van der Waals surface area contributed by atoms with Crippen molar-refractivity contribution >= 4 is 10.4 Å². The number of nitrogens with zero attached hydrogens (tertiary/aromatic N) is 2. The molecule has 28 heavy (non-hydrogen) atoms. The molecule has 0 aromatic heterocycles. The van der Waals surface area contributed by atoms with Gasteiger partial charge in [0.2, 0.25) is 10.4 Å². The molecule has 1 aliphatic rings. The summed E-state index contributed by atoms with van der Waals surface area (Å²) in [7, 11) is -4.92. The van der Waals surface area contributed by atoms with Crippen molar-refractivity contribution in [3.8, 4) is 0 Å². The maximum atomic E-state index is 9.04. The van der Waals surface area contributed by atoms with Crippen LogP contribution in [-0.2, 0) is 15.1 Å². The normalized spacial score (nSPS) is 17.9. The van der Waals surface area contributed by atoms with Crippen molar-refractivity contribution in [3.05, 3.63) is 0 Å². The van der Waals surface area contributed by atoms with E-state index >= 15 is 0 Å². The van der Waals surface area contributed by atoms with Crippen LogP contribution >= 0.6 is 0 Å². The Hall–Kier alpha value is -0.290. The molecule has 0 spiro atoms. The number of hydrogen-bond donors (Lipinski definition) is 2. The Labute approximate surface area is 173 Å².